The summed E-state index contributed by atoms with van der Waals surface area (Å²) < 4.78 is 8.15. The molecule has 112 valence electrons. The first-order valence-corrected chi connectivity index (χ1v) is 7.79. The second-order valence-corrected chi connectivity index (χ2v) is 6.27. The van der Waals surface area contributed by atoms with Crippen LogP contribution in [0.2, 0.25) is 0 Å². The Kier molecular flexibility index (Phi) is 3.12. The fourth-order valence-corrected chi connectivity index (χ4v) is 3.70. The third-order valence-corrected chi connectivity index (χ3v) is 4.86. The molecule has 4 rings (SSSR count). The molecule has 1 aromatic carbocycles. The largest absolute Gasteiger partial charge is 0.373 e. The average molecular weight is 286 g/mol. The summed E-state index contributed by atoms with van der Waals surface area (Å²) in [6.45, 7) is 5.94. The van der Waals surface area contributed by atoms with Gasteiger partial charge in [-0.3, -0.25) is 4.90 Å². The molecular formula is C16H22N4O. The number of morpholine rings is 1. The summed E-state index contributed by atoms with van der Waals surface area (Å²) in [6, 6.07) is 6.87. The van der Waals surface area contributed by atoms with Gasteiger partial charge in [0, 0.05) is 12.6 Å². The van der Waals surface area contributed by atoms with Crippen LogP contribution < -0.4 is 5.73 Å². The van der Waals surface area contributed by atoms with Crippen molar-refractivity contribution in [2.24, 2.45) is 0 Å². The quantitative estimate of drug-likeness (QED) is 0.914. The number of anilines is 1. The number of hydrogen-bond acceptors (Lipinski definition) is 4. The minimum absolute atomic E-state index is 0.208. The van der Waals surface area contributed by atoms with Crippen molar-refractivity contribution in [3.8, 4) is 0 Å². The van der Waals surface area contributed by atoms with Gasteiger partial charge < -0.3 is 15.0 Å². The van der Waals surface area contributed by atoms with Crippen molar-refractivity contribution in [1.82, 2.24) is 14.5 Å². The Morgan fingerprint density at radius 3 is 3.24 bits per heavy atom. The topological polar surface area (TPSA) is 56.3 Å². The van der Waals surface area contributed by atoms with E-state index in [1.807, 2.05) is 0 Å². The van der Waals surface area contributed by atoms with E-state index in [2.05, 4.69) is 39.6 Å². The molecule has 1 aromatic heterocycles. The highest BCUT2D eigenvalue weighted by atomic mass is 16.5. The number of ether oxygens (including phenoxy) is 1. The second kappa shape index (κ2) is 5.00. The zero-order chi connectivity index (χ0) is 14.4. The molecule has 0 amide bonds. The monoisotopic (exact) mass is 286 g/mol. The van der Waals surface area contributed by atoms with Crippen molar-refractivity contribution in [2.75, 3.05) is 25.4 Å². The maximum Gasteiger partial charge on any atom is 0.201 e. The van der Waals surface area contributed by atoms with Gasteiger partial charge in [-0.15, -0.1) is 0 Å². The van der Waals surface area contributed by atoms with Crippen LogP contribution in [0.4, 0.5) is 5.95 Å². The number of fused-ring (bicyclic) bond motifs is 2. The molecular weight excluding hydrogens is 264 g/mol. The molecule has 2 aliphatic rings. The zero-order valence-corrected chi connectivity index (χ0v) is 12.5. The molecule has 0 saturated carbocycles. The summed E-state index contributed by atoms with van der Waals surface area (Å²) in [6.07, 6.45) is 2.79. The van der Waals surface area contributed by atoms with Crippen LogP contribution in [0.5, 0.6) is 0 Å². The minimum atomic E-state index is 0.208. The van der Waals surface area contributed by atoms with Gasteiger partial charge in [-0.2, -0.15) is 0 Å². The highest BCUT2D eigenvalue weighted by molar-refractivity contribution is 5.81. The summed E-state index contributed by atoms with van der Waals surface area (Å²) in [5.41, 5.74) is 9.41. The zero-order valence-electron chi connectivity index (χ0n) is 12.5. The maximum atomic E-state index is 6.13. The lowest BCUT2D eigenvalue weighted by molar-refractivity contribution is -0.0545. The lowest BCUT2D eigenvalue weighted by Crippen LogP contribution is -2.47. The first-order chi connectivity index (χ1) is 10.2. The van der Waals surface area contributed by atoms with E-state index in [0.717, 1.165) is 30.7 Å². The highest BCUT2D eigenvalue weighted by Gasteiger charge is 2.32. The molecule has 0 bridgehead atoms. The molecule has 0 spiro atoms. The van der Waals surface area contributed by atoms with Gasteiger partial charge in [-0.1, -0.05) is 12.1 Å². The number of nitrogens with zero attached hydrogens (tertiary/aromatic N) is 3. The Hall–Kier alpha value is -1.59. The first-order valence-electron chi connectivity index (χ1n) is 7.79. The van der Waals surface area contributed by atoms with Crippen LogP contribution in [0.1, 0.15) is 18.4 Å². The van der Waals surface area contributed by atoms with E-state index in [9.17, 15) is 0 Å². The summed E-state index contributed by atoms with van der Waals surface area (Å²) in [7, 11) is 0. The number of para-hydroxylation sites is 1. The molecule has 2 atom stereocenters. The molecule has 2 saturated heterocycles. The Labute approximate surface area is 124 Å². The second-order valence-electron chi connectivity index (χ2n) is 6.27. The van der Waals surface area contributed by atoms with Crippen LogP contribution in [0.25, 0.3) is 11.0 Å². The number of nitrogens with two attached hydrogens (primary N) is 1. The van der Waals surface area contributed by atoms with Crippen molar-refractivity contribution in [3.05, 3.63) is 23.8 Å². The van der Waals surface area contributed by atoms with Crippen molar-refractivity contribution >= 4 is 17.0 Å². The Morgan fingerprint density at radius 1 is 1.43 bits per heavy atom. The summed E-state index contributed by atoms with van der Waals surface area (Å²) in [5, 5.41) is 0. The fourth-order valence-electron chi connectivity index (χ4n) is 3.70. The van der Waals surface area contributed by atoms with Gasteiger partial charge in [0.2, 0.25) is 5.95 Å². The fraction of sp³-hybridized carbons (Fsp3) is 0.562. The summed E-state index contributed by atoms with van der Waals surface area (Å²) in [5.74, 6) is 0.589. The van der Waals surface area contributed by atoms with Gasteiger partial charge in [0.25, 0.3) is 0 Å². The molecule has 0 radical (unpaired) electrons. The van der Waals surface area contributed by atoms with E-state index in [1.54, 1.807) is 0 Å². The summed E-state index contributed by atoms with van der Waals surface area (Å²) in [4.78, 5) is 7.08. The normalized spacial score (nSPS) is 26.3. The molecule has 2 aliphatic heterocycles. The molecule has 3 heterocycles. The van der Waals surface area contributed by atoms with Crippen molar-refractivity contribution in [2.45, 2.75) is 38.5 Å². The number of hydrogen-bond donors (Lipinski definition) is 1. The van der Waals surface area contributed by atoms with E-state index in [4.69, 9.17) is 10.5 Å². The number of nitrogen functional groups attached to an aromatic ring is 1. The average Bonchev–Trinajstić information content (AvgIpc) is 3.05. The number of benzene rings is 1. The maximum absolute atomic E-state index is 6.13. The molecule has 5 heteroatoms. The predicted molar refractivity (Wildman–Crippen MR) is 83.2 cm³/mol. The predicted octanol–water partition coefficient (Wildman–Crippen LogP) is 1.79. The standard InChI is InChI=1S/C16H22N4O/c1-11-4-2-6-14-15(11)18-16(17)20(14)9-13-8-19-7-3-5-12(19)10-21-13/h2,4,6,12-13H,3,5,7-10H2,1H3,(H2,17,18). The number of imidazole rings is 1. The van der Waals surface area contributed by atoms with E-state index in [-0.39, 0.29) is 6.10 Å². The molecule has 2 N–H and O–H groups in total. The lowest BCUT2D eigenvalue weighted by atomic mass is 10.2. The number of rotatable bonds is 2. The Morgan fingerprint density at radius 2 is 2.33 bits per heavy atom. The van der Waals surface area contributed by atoms with Crippen molar-refractivity contribution < 1.29 is 4.74 Å². The van der Waals surface area contributed by atoms with Crippen molar-refractivity contribution in [3.63, 3.8) is 0 Å². The lowest BCUT2D eigenvalue weighted by Gasteiger charge is -2.35. The number of aromatic nitrogens is 2. The van der Waals surface area contributed by atoms with Crippen LogP contribution >= 0.6 is 0 Å². The minimum Gasteiger partial charge on any atom is -0.373 e. The van der Waals surface area contributed by atoms with E-state index in [1.165, 1.54) is 24.9 Å². The van der Waals surface area contributed by atoms with Gasteiger partial charge in [0.15, 0.2) is 0 Å². The molecule has 2 aromatic rings. The van der Waals surface area contributed by atoms with Gasteiger partial charge in [0.05, 0.1) is 30.3 Å². The molecule has 2 fully saturated rings. The van der Waals surface area contributed by atoms with Gasteiger partial charge in [-0.05, 0) is 37.9 Å². The van der Waals surface area contributed by atoms with Crippen LogP contribution in [0.15, 0.2) is 18.2 Å². The highest BCUT2D eigenvalue weighted by Crippen LogP contribution is 2.26. The third-order valence-electron chi connectivity index (χ3n) is 4.86. The number of aryl methyl sites for hydroxylation is 1. The molecule has 21 heavy (non-hydrogen) atoms. The Balaban J connectivity index is 1.60. The van der Waals surface area contributed by atoms with Gasteiger partial charge in [-0.25, -0.2) is 4.98 Å². The molecule has 0 aliphatic carbocycles. The first kappa shape index (κ1) is 13.1. The third kappa shape index (κ3) is 2.21. The molecule has 5 nitrogen and oxygen atoms in total. The van der Waals surface area contributed by atoms with E-state index < -0.39 is 0 Å². The van der Waals surface area contributed by atoms with E-state index >= 15 is 0 Å². The SMILES string of the molecule is Cc1cccc2c1nc(N)n2CC1CN2CCCC2CO1. The van der Waals surface area contributed by atoms with E-state index in [0.29, 0.717) is 12.0 Å². The van der Waals surface area contributed by atoms with Crippen LogP contribution in [0, 0.1) is 6.92 Å². The smallest absolute Gasteiger partial charge is 0.201 e. The Bertz CT molecular complexity index is 666. The van der Waals surface area contributed by atoms with Crippen LogP contribution in [-0.2, 0) is 11.3 Å². The molecule has 2 unspecified atom stereocenters. The summed E-state index contributed by atoms with van der Waals surface area (Å²) >= 11 is 0. The van der Waals surface area contributed by atoms with Gasteiger partial charge >= 0.3 is 0 Å². The van der Waals surface area contributed by atoms with Crippen LogP contribution in [0.3, 0.4) is 0 Å². The van der Waals surface area contributed by atoms with Crippen LogP contribution in [-0.4, -0.2) is 46.3 Å². The van der Waals surface area contributed by atoms with Crippen molar-refractivity contribution in [1.29, 1.82) is 0 Å². The van der Waals surface area contributed by atoms with Gasteiger partial charge in [0.1, 0.15) is 0 Å².